The Morgan fingerprint density at radius 1 is 0.895 bits per heavy atom. The highest BCUT2D eigenvalue weighted by molar-refractivity contribution is 5.83. The lowest BCUT2D eigenvalue weighted by Gasteiger charge is -2.43. The Kier molecular flexibility index (Phi) is 4.23. The van der Waals surface area contributed by atoms with Crippen LogP contribution in [0.2, 0.25) is 0 Å². The third-order valence-corrected chi connectivity index (χ3v) is 5.31. The Bertz CT molecular complexity index is 308. The summed E-state index contributed by atoms with van der Waals surface area (Å²) >= 11 is 0. The third kappa shape index (κ3) is 3.03. The van der Waals surface area contributed by atoms with Crippen LogP contribution in [-0.2, 0) is 14.3 Å². The van der Waals surface area contributed by atoms with Gasteiger partial charge in [-0.1, -0.05) is 19.3 Å². The molecule has 3 nitrogen and oxygen atoms in total. The molecule has 0 N–H and O–H groups in total. The zero-order valence-corrected chi connectivity index (χ0v) is 11.9. The molecule has 3 aliphatic rings. The van der Waals surface area contributed by atoms with Gasteiger partial charge in [0.05, 0.1) is 5.60 Å². The topological polar surface area (TPSA) is 35.5 Å². The van der Waals surface area contributed by atoms with Crippen LogP contribution in [-0.4, -0.2) is 31.2 Å². The van der Waals surface area contributed by atoms with E-state index in [1.54, 1.807) is 0 Å². The SMILES string of the molecule is O=C(C1CCCCC1)C1CCOC2(CCOCC2)C1. The molecule has 0 bridgehead atoms. The first-order chi connectivity index (χ1) is 9.29. The van der Waals surface area contributed by atoms with Crippen LogP contribution in [0.1, 0.15) is 57.8 Å². The van der Waals surface area contributed by atoms with Crippen LogP contribution < -0.4 is 0 Å². The predicted octanol–water partition coefficient (Wildman–Crippen LogP) is 3.11. The molecule has 3 fully saturated rings. The van der Waals surface area contributed by atoms with Crippen LogP contribution in [0.3, 0.4) is 0 Å². The molecule has 1 aliphatic carbocycles. The van der Waals surface area contributed by atoms with E-state index in [1.165, 1.54) is 19.3 Å². The van der Waals surface area contributed by atoms with Crippen molar-refractivity contribution in [1.29, 1.82) is 0 Å². The first kappa shape index (κ1) is 13.6. The average Bonchev–Trinajstić information content (AvgIpc) is 2.48. The minimum absolute atomic E-state index is 0.0362. The summed E-state index contributed by atoms with van der Waals surface area (Å²) in [5.74, 6) is 1.16. The molecule has 108 valence electrons. The average molecular weight is 266 g/mol. The summed E-state index contributed by atoms with van der Waals surface area (Å²) < 4.78 is 11.5. The lowest BCUT2D eigenvalue weighted by Crippen LogP contribution is -2.46. The van der Waals surface area contributed by atoms with Crippen molar-refractivity contribution in [3.63, 3.8) is 0 Å². The molecule has 0 radical (unpaired) electrons. The van der Waals surface area contributed by atoms with Gasteiger partial charge in [-0.25, -0.2) is 0 Å². The summed E-state index contributed by atoms with van der Waals surface area (Å²) in [5.41, 5.74) is -0.0362. The Morgan fingerprint density at radius 2 is 1.63 bits per heavy atom. The largest absolute Gasteiger partial charge is 0.381 e. The lowest BCUT2D eigenvalue weighted by atomic mass is 9.74. The van der Waals surface area contributed by atoms with Gasteiger partial charge in [0.2, 0.25) is 0 Å². The molecule has 0 amide bonds. The van der Waals surface area contributed by atoms with Crippen molar-refractivity contribution >= 4 is 5.78 Å². The fourth-order valence-corrected chi connectivity index (χ4v) is 4.08. The Labute approximate surface area is 116 Å². The van der Waals surface area contributed by atoms with E-state index < -0.39 is 0 Å². The van der Waals surface area contributed by atoms with E-state index in [2.05, 4.69) is 0 Å². The zero-order valence-electron chi connectivity index (χ0n) is 11.9. The molecule has 1 spiro atoms. The van der Waals surface area contributed by atoms with Gasteiger partial charge < -0.3 is 9.47 Å². The van der Waals surface area contributed by atoms with Crippen molar-refractivity contribution in [2.75, 3.05) is 19.8 Å². The molecule has 19 heavy (non-hydrogen) atoms. The minimum atomic E-state index is -0.0362. The standard InChI is InChI=1S/C16H26O3/c17-15(13-4-2-1-3-5-13)14-6-9-19-16(12-14)7-10-18-11-8-16/h13-14H,1-12H2. The second-order valence-corrected chi connectivity index (χ2v) is 6.57. The van der Waals surface area contributed by atoms with Gasteiger partial charge in [0.15, 0.2) is 0 Å². The molecule has 1 atom stereocenters. The molecule has 1 unspecified atom stereocenters. The summed E-state index contributed by atoms with van der Waals surface area (Å²) in [6.45, 7) is 2.36. The monoisotopic (exact) mass is 266 g/mol. The molecular formula is C16H26O3. The Morgan fingerprint density at radius 3 is 2.37 bits per heavy atom. The maximum atomic E-state index is 12.7. The van der Waals surface area contributed by atoms with E-state index in [4.69, 9.17) is 9.47 Å². The van der Waals surface area contributed by atoms with E-state index in [0.717, 1.165) is 58.3 Å². The molecule has 2 aliphatic heterocycles. The van der Waals surface area contributed by atoms with Crippen molar-refractivity contribution < 1.29 is 14.3 Å². The fourth-order valence-electron chi connectivity index (χ4n) is 4.08. The van der Waals surface area contributed by atoms with Crippen molar-refractivity contribution in [2.45, 2.75) is 63.4 Å². The zero-order chi connectivity index (χ0) is 13.1. The van der Waals surface area contributed by atoms with E-state index >= 15 is 0 Å². The molecule has 2 heterocycles. The molecule has 0 aromatic carbocycles. The number of carbonyl (C=O) groups is 1. The van der Waals surface area contributed by atoms with Crippen LogP contribution in [0.4, 0.5) is 0 Å². The smallest absolute Gasteiger partial charge is 0.139 e. The van der Waals surface area contributed by atoms with Crippen LogP contribution in [0.25, 0.3) is 0 Å². The highest BCUT2D eigenvalue weighted by atomic mass is 16.5. The quantitative estimate of drug-likeness (QED) is 0.770. The molecule has 0 aromatic rings. The normalized spacial score (nSPS) is 32.3. The van der Waals surface area contributed by atoms with Gasteiger partial charge >= 0.3 is 0 Å². The van der Waals surface area contributed by atoms with Gasteiger partial charge in [0.1, 0.15) is 5.78 Å². The van der Waals surface area contributed by atoms with Gasteiger partial charge in [-0.3, -0.25) is 4.79 Å². The number of rotatable bonds is 2. The number of hydrogen-bond acceptors (Lipinski definition) is 3. The maximum Gasteiger partial charge on any atom is 0.139 e. The summed E-state index contributed by atoms with van der Waals surface area (Å²) in [5, 5.41) is 0. The third-order valence-electron chi connectivity index (χ3n) is 5.31. The fraction of sp³-hybridized carbons (Fsp3) is 0.938. The first-order valence-electron chi connectivity index (χ1n) is 8.05. The van der Waals surface area contributed by atoms with Gasteiger partial charge in [0.25, 0.3) is 0 Å². The Hall–Kier alpha value is -0.410. The molecule has 0 aromatic heterocycles. The van der Waals surface area contributed by atoms with Gasteiger partial charge in [0, 0.05) is 31.7 Å². The number of carbonyl (C=O) groups excluding carboxylic acids is 1. The molecule has 1 saturated carbocycles. The van der Waals surface area contributed by atoms with E-state index in [-0.39, 0.29) is 11.5 Å². The van der Waals surface area contributed by atoms with E-state index in [1.807, 2.05) is 0 Å². The van der Waals surface area contributed by atoms with Crippen molar-refractivity contribution in [3.8, 4) is 0 Å². The van der Waals surface area contributed by atoms with Gasteiger partial charge in [-0.05, 0) is 38.5 Å². The Balaban J connectivity index is 1.62. The summed E-state index contributed by atoms with van der Waals surface area (Å²) in [6.07, 6.45) is 9.92. The number of Topliss-reactive ketones (excluding diaryl/α,β-unsaturated/α-hetero) is 1. The van der Waals surface area contributed by atoms with Gasteiger partial charge in [-0.2, -0.15) is 0 Å². The van der Waals surface area contributed by atoms with Crippen molar-refractivity contribution in [3.05, 3.63) is 0 Å². The highest BCUT2D eigenvalue weighted by Gasteiger charge is 2.42. The summed E-state index contributed by atoms with van der Waals surface area (Å²) in [7, 11) is 0. The lowest BCUT2D eigenvalue weighted by molar-refractivity contribution is -0.159. The first-order valence-corrected chi connectivity index (χ1v) is 8.05. The van der Waals surface area contributed by atoms with Crippen LogP contribution in [0.5, 0.6) is 0 Å². The van der Waals surface area contributed by atoms with Crippen LogP contribution in [0, 0.1) is 11.8 Å². The number of ketones is 1. The predicted molar refractivity (Wildman–Crippen MR) is 73.0 cm³/mol. The number of ether oxygens (including phenoxy) is 2. The molecule has 3 rings (SSSR count). The highest BCUT2D eigenvalue weighted by Crippen LogP contribution is 2.39. The van der Waals surface area contributed by atoms with Crippen molar-refractivity contribution in [2.24, 2.45) is 11.8 Å². The number of hydrogen-bond donors (Lipinski definition) is 0. The van der Waals surface area contributed by atoms with Gasteiger partial charge in [-0.15, -0.1) is 0 Å². The maximum absolute atomic E-state index is 12.7. The molecule has 3 heteroatoms. The minimum Gasteiger partial charge on any atom is -0.381 e. The van der Waals surface area contributed by atoms with Crippen LogP contribution in [0.15, 0.2) is 0 Å². The second kappa shape index (κ2) is 5.92. The summed E-state index contributed by atoms with van der Waals surface area (Å²) in [6, 6.07) is 0. The molecular weight excluding hydrogens is 240 g/mol. The molecule has 2 saturated heterocycles. The van der Waals surface area contributed by atoms with E-state index in [9.17, 15) is 4.79 Å². The van der Waals surface area contributed by atoms with Crippen molar-refractivity contribution in [1.82, 2.24) is 0 Å². The van der Waals surface area contributed by atoms with E-state index in [0.29, 0.717) is 11.7 Å². The van der Waals surface area contributed by atoms with Crippen LogP contribution >= 0.6 is 0 Å². The second-order valence-electron chi connectivity index (χ2n) is 6.57. The summed E-state index contributed by atoms with van der Waals surface area (Å²) in [4.78, 5) is 12.7.